The zero-order valence-corrected chi connectivity index (χ0v) is 11.4. The van der Waals surface area contributed by atoms with Crippen molar-refractivity contribution in [3.63, 3.8) is 0 Å². The van der Waals surface area contributed by atoms with Gasteiger partial charge in [-0.05, 0) is 44.4 Å². The summed E-state index contributed by atoms with van der Waals surface area (Å²) >= 11 is 0. The summed E-state index contributed by atoms with van der Waals surface area (Å²) in [7, 11) is -4.22. The first-order valence-electron chi connectivity index (χ1n) is 5.40. The highest BCUT2D eigenvalue weighted by molar-refractivity contribution is 7.71. The van der Waals surface area contributed by atoms with Crippen molar-refractivity contribution in [3.8, 4) is 0 Å². The van der Waals surface area contributed by atoms with Gasteiger partial charge in [0, 0.05) is 5.56 Å². The van der Waals surface area contributed by atoms with Gasteiger partial charge in [-0.25, -0.2) is 0 Å². The average Bonchev–Trinajstić information content (AvgIpc) is 2.24. The second-order valence-corrected chi connectivity index (χ2v) is 5.65. The quantitative estimate of drug-likeness (QED) is 0.841. The zero-order chi connectivity index (χ0) is 13.2. The first kappa shape index (κ1) is 14.1. The molecule has 0 heterocycles. The van der Waals surface area contributed by atoms with Gasteiger partial charge < -0.3 is 9.42 Å². The van der Waals surface area contributed by atoms with Crippen molar-refractivity contribution in [1.82, 2.24) is 0 Å². The van der Waals surface area contributed by atoms with Crippen molar-refractivity contribution < 1.29 is 18.8 Å². The predicted molar refractivity (Wildman–Crippen MR) is 66.4 cm³/mol. The molecule has 1 unspecified atom stereocenters. The van der Waals surface area contributed by atoms with Gasteiger partial charge in [-0.3, -0.25) is 9.36 Å². The van der Waals surface area contributed by atoms with Crippen LogP contribution >= 0.6 is 7.60 Å². The SMILES string of the molecule is CCOP(=O)(O)C(=O)c1c(C)ccc(C)c1C. The molecule has 94 valence electrons. The molecular formula is C12H17O4P. The molecule has 0 aliphatic heterocycles. The van der Waals surface area contributed by atoms with Crippen molar-refractivity contribution in [2.24, 2.45) is 0 Å². The van der Waals surface area contributed by atoms with Gasteiger partial charge >= 0.3 is 7.60 Å². The van der Waals surface area contributed by atoms with Crippen LogP contribution in [0.5, 0.6) is 0 Å². The molecule has 0 fully saturated rings. The van der Waals surface area contributed by atoms with Gasteiger partial charge in [-0.2, -0.15) is 0 Å². The summed E-state index contributed by atoms with van der Waals surface area (Å²) in [6.45, 7) is 6.97. The van der Waals surface area contributed by atoms with E-state index < -0.39 is 13.1 Å². The van der Waals surface area contributed by atoms with E-state index in [4.69, 9.17) is 0 Å². The van der Waals surface area contributed by atoms with Crippen LogP contribution in [-0.4, -0.2) is 17.0 Å². The molecule has 0 spiro atoms. The molecule has 1 aromatic rings. The molecule has 0 saturated carbocycles. The lowest BCUT2D eigenvalue weighted by atomic mass is 9.99. The normalized spacial score (nSPS) is 14.4. The minimum Gasteiger partial charge on any atom is -0.319 e. The number of benzene rings is 1. The standard InChI is InChI=1S/C12H17O4P/c1-5-16-17(14,15)12(13)11-9(3)7-6-8(2)10(11)4/h6-7H,5H2,1-4H3,(H,14,15). The van der Waals surface area contributed by atoms with Gasteiger partial charge in [0.1, 0.15) is 0 Å². The lowest BCUT2D eigenvalue weighted by molar-refractivity contribution is 0.102. The number of carbonyl (C=O) groups excluding carboxylic acids is 1. The van der Waals surface area contributed by atoms with Gasteiger partial charge in [0.2, 0.25) is 0 Å². The molecule has 1 N–H and O–H groups in total. The highest BCUT2D eigenvalue weighted by Gasteiger charge is 2.33. The Morgan fingerprint density at radius 3 is 2.35 bits per heavy atom. The fraction of sp³-hybridized carbons (Fsp3) is 0.417. The minimum absolute atomic E-state index is 0.0312. The second kappa shape index (κ2) is 5.13. The number of carbonyl (C=O) groups is 1. The third-order valence-electron chi connectivity index (χ3n) is 2.72. The summed E-state index contributed by atoms with van der Waals surface area (Å²) in [5.74, 6) is 0. The molecule has 4 nitrogen and oxygen atoms in total. The second-order valence-electron chi connectivity index (χ2n) is 3.94. The van der Waals surface area contributed by atoms with Crippen molar-refractivity contribution in [2.75, 3.05) is 6.61 Å². The Kier molecular flexibility index (Phi) is 4.26. The van der Waals surface area contributed by atoms with Crippen LogP contribution in [0.25, 0.3) is 0 Å². The maximum absolute atomic E-state index is 12.0. The predicted octanol–water partition coefficient (Wildman–Crippen LogP) is 2.97. The van der Waals surface area contributed by atoms with Crippen molar-refractivity contribution in [3.05, 3.63) is 34.4 Å². The Labute approximate surface area is 101 Å². The monoisotopic (exact) mass is 256 g/mol. The Morgan fingerprint density at radius 1 is 1.29 bits per heavy atom. The molecule has 1 atom stereocenters. The molecule has 0 aliphatic carbocycles. The average molecular weight is 256 g/mol. The lowest BCUT2D eigenvalue weighted by Crippen LogP contribution is -2.08. The van der Waals surface area contributed by atoms with Crippen LogP contribution in [0, 0.1) is 20.8 Å². The van der Waals surface area contributed by atoms with Crippen molar-refractivity contribution >= 4 is 13.1 Å². The topological polar surface area (TPSA) is 63.6 Å². The summed E-state index contributed by atoms with van der Waals surface area (Å²) in [5, 5.41) is 0. The van der Waals surface area contributed by atoms with Crippen LogP contribution in [0.1, 0.15) is 34.0 Å². The molecule has 17 heavy (non-hydrogen) atoms. The fourth-order valence-corrected chi connectivity index (χ4v) is 2.75. The van der Waals surface area contributed by atoms with E-state index in [1.807, 2.05) is 13.0 Å². The smallest absolute Gasteiger partial charge is 0.319 e. The van der Waals surface area contributed by atoms with Crippen molar-refractivity contribution in [1.29, 1.82) is 0 Å². The molecule has 0 amide bonds. The molecular weight excluding hydrogens is 239 g/mol. The summed E-state index contributed by atoms with van der Waals surface area (Å²) < 4.78 is 16.4. The van der Waals surface area contributed by atoms with Gasteiger partial charge in [0.05, 0.1) is 6.61 Å². The zero-order valence-electron chi connectivity index (χ0n) is 10.5. The van der Waals surface area contributed by atoms with Gasteiger partial charge in [0.15, 0.2) is 0 Å². The highest BCUT2D eigenvalue weighted by Crippen LogP contribution is 2.46. The van der Waals surface area contributed by atoms with Crippen molar-refractivity contribution in [2.45, 2.75) is 27.7 Å². The Balaban J connectivity index is 3.31. The molecule has 0 aliphatic rings. The number of aryl methyl sites for hydroxylation is 2. The Morgan fingerprint density at radius 2 is 1.82 bits per heavy atom. The van der Waals surface area contributed by atoms with Crippen LogP contribution in [0.15, 0.2) is 12.1 Å². The number of hydrogen-bond donors (Lipinski definition) is 1. The molecule has 0 bridgehead atoms. The van der Waals surface area contributed by atoms with E-state index in [0.29, 0.717) is 11.1 Å². The van der Waals surface area contributed by atoms with Gasteiger partial charge in [-0.1, -0.05) is 12.1 Å². The van der Waals surface area contributed by atoms with Crippen LogP contribution in [0.4, 0.5) is 0 Å². The van der Waals surface area contributed by atoms with E-state index >= 15 is 0 Å². The first-order chi connectivity index (χ1) is 7.81. The lowest BCUT2D eigenvalue weighted by Gasteiger charge is -2.14. The van der Waals surface area contributed by atoms with E-state index in [1.54, 1.807) is 26.8 Å². The number of rotatable bonds is 4. The molecule has 0 saturated heterocycles. The largest absolute Gasteiger partial charge is 0.399 e. The summed E-state index contributed by atoms with van der Waals surface area (Å²) in [5.41, 5.74) is 1.80. The van der Waals surface area contributed by atoms with Crippen LogP contribution < -0.4 is 0 Å². The van der Waals surface area contributed by atoms with E-state index in [1.165, 1.54) is 0 Å². The van der Waals surface area contributed by atoms with E-state index in [-0.39, 0.29) is 6.61 Å². The van der Waals surface area contributed by atoms with Crippen LogP contribution in [0.3, 0.4) is 0 Å². The number of hydrogen-bond acceptors (Lipinski definition) is 3. The molecule has 1 aromatic carbocycles. The van der Waals surface area contributed by atoms with Crippen LogP contribution in [-0.2, 0) is 9.09 Å². The third kappa shape index (κ3) is 2.83. The molecule has 5 heteroatoms. The third-order valence-corrected chi connectivity index (χ3v) is 4.06. The highest BCUT2D eigenvalue weighted by atomic mass is 31.2. The maximum Gasteiger partial charge on any atom is 0.399 e. The molecule has 0 aromatic heterocycles. The summed E-state index contributed by atoms with van der Waals surface area (Å²) in [6, 6.07) is 3.64. The van der Waals surface area contributed by atoms with E-state index in [0.717, 1.165) is 11.1 Å². The Hall–Kier alpha value is -0.960. The first-order valence-corrected chi connectivity index (χ1v) is 6.98. The van der Waals surface area contributed by atoms with E-state index in [2.05, 4.69) is 4.52 Å². The van der Waals surface area contributed by atoms with Gasteiger partial charge in [0.25, 0.3) is 5.52 Å². The summed E-state index contributed by atoms with van der Waals surface area (Å²) in [6.07, 6.45) is 0. The van der Waals surface area contributed by atoms with E-state index in [9.17, 15) is 14.3 Å². The van der Waals surface area contributed by atoms with Gasteiger partial charge in [-0.15, -0.1) is 0 Å². The minimum atomic E-state index is -4.22. The Bertz CT molecular complexity index is 494. The summed E-state index contributed by atoms with van der Waals surface area (Å²) in [4.78, 5) is 21.6. The fourth-order valence-electron chi connectivity index (χ4n) is 1.66. The molecule has 0 radical (unpaired) electrons. The maximum atomic E-state index is 12.0. The molecule has 1 rings (SSSR count). The van der Waals surface area contributed by atoms with Crippen LogP contribution in [0.2, 0.25) is 0 Å².